The summed E-state index contributed by atoms with van der Waals surface area (Å²) in [5.41, 5.74) is 4.91. The molecular formula is C14H13ClN2O2. The number of aromatic nitrogens is 1. The van der Waals surface area contributed by atoms with Crippen LogP contribution in [0.15, 0.2) is 30.5 Å². The second-order valence-electron chi connectivity index (χ2n) is 4.92. The van der Waals surface area contributed by atoms with Crippen LogP contribution in [0.5, 0.6) is 5.75 Å². The Labute approximate surface area is 115 Å². The van der Waals surface area contributed by atoms with Crippen molar-refractivity contribution in [2.45, 2.75) is 12.8 Å². The summed E-state index contributed by atoms with van der Waals surface area (Å²) in [6, 6.07) is 7.45. The second-order valence-corrected chi connectivity index (χ2v) is 5.28. The third-order valence-electron chi connectivity index (χ3n) is 3.58. The van der Waals surface area contributed by atoms with E-state index in [1.54, 1.807) is 6.20 Å². The molecule has 0 bridgehead atoms. The fraction of sp³-hybridized carbons (Fsp3) is 0.286. The molecule has 3 rings (SSSR count). The lowest BCUT2D eigenvalue weighted by atomic mass is 10.1. The third kappa shape index (κ3) is 2.24. The molecule has 1 aliphatic rings. The molecule has 0 atom stereocenters. The number of pyridine rings is 1. The number of benzene rings is 1. The lowest BCUT2D eigenvalue weighted by Gasteiger charge is -2.13. The minimum Gasteiger partial charge on any atom is -0.492 e. The number of carbonyl (C=O) groups excluding carboxylic acids is 1. The lowest BCUT2D eigenvalue weighted by Crippen LogP contribution is -2.30. The maximum atomic E-state index is 11.3. The molecule has 2 aromatic rings. The summed E-state index contributed by atoms with van der Waals surface area (Å²) in [5.74, 6) is 0.433. The smallest absolute Gasteiger partial charge is 0.227 e. The van der Waals surface area contributed by atoms with Crippen molar-refractivity contribution in [1.82, 2.24) is 4.98 Å². The van der Waals surface area contributed by atoms with Crippen LogP contribution < -0.4 is 10.5 Å². The summed E-state index contributed by atoms with van der Waals surface area (Å²) in [6.45, 7) is 0.340. The molecule has 0 aliphatic heterocycles. The van der Waals surface area contributed by atoms with Gasteiger partial charge in [-0.2, -0.15) is 0 Å². The van der Waals surface area contributed by atoms with E-state index in [9.17, 15) is 4.79 Å². The quantitative estimate of drug-likeness (QED) is 0.873. The van der Waals surface area contributed by atoms with Crippen LogP contribution >= 0.6 is 11.6 Å². The van der Waals surface area contributed by atoms with Crippen molar-refractivity contribution >= 4 is 28.3 Å². The molecule has 5 heteroatoms. The number of primary amides is 1. The maximum absolute atomic E-state index is 11.3. The number of fused-ring (bicyclic) bond motifs is 1. The van der Waals surface area contributed by atoms with Crippen molar-refractivity contribution in [3.05, 3.63) is 35.6 Å². The molecule has 1 fully saturated rings. The topological polar surface area (TPSA) is 65.2 Å². The summed E-state index contributed by atoms with van der Waals surface area (Å²) in [6.07, 6.45) is 3.28. The van der Waals surface area contributed by atoms with Gasteiger partial charge in [-0.25, -0.2) is 4.98 Å². The summed E-state index contributed by atoms with van der Waals surface area (Å²) in [5, 5.41) is 2.31. The predicted octanol–water partition coefficient (Wildman–Crippen LogP) is 2.53. The van der Waals surface area contributed by atoms with E-state index in [0.717, 1.165) is 23.6 Å². The first-order valence-corrected chi connectivity index (χ1v) is 6.46. The number of hydrogen-bond acceptors (Lipinski definition) is 3. The molecule has 98 valence electrons. The standard InChI is InChI=1S/C14H13ClN2O2/c15-12-11-2-1-10(7-9(11)3-6-17-12)19-8-14(4-5-14)13(16)18/h1-3,6-7H,4-5,8H2,(H2,16,18). The molecule has 1 aliphatic carbocycles. The molecule has 1 saturated carbocycles. The molecule has 19 heavy (non-hydrogen) atoms. The molecule has 0 spiro atoms. The van der Waals surface area contributed by atoms with Crippen molar-refractivity contribution in [3.63, 3.8) is 0 Å². The minimum absolute atomic E-state index is 0.277. The van der Waals surface area contributed by atoms with E-state index < -0.39 is 5.41 Å². The zero-order valence-corrected chi connectivity index (χ0v) is 11.0. The molecule has 1 aromatic carbocycles. The number of ether oxygens (including phenoxy) is 1. The van der Waals surface area contributed by atoms with Crippen molar-refractivity contribution in [2.75, 3.05) is 6.61 Å². The second kappa shape index (κ2) is 4.38. The average molecular weight is 277 g/mol. The van der Waals surface area contributed by atoms with Gasteiger partial charge in [-0.15, -0.1) is 0 Å². The average Bonchev–Trinajstić information content (AvgIpc) is 3.18. The Hall–Kier alpha value is -1.81. The molecule has 1 amide bonds. The zero-order valence-electron chi connectivity index (χ0n) is 10.2. The van der Waals surface area contributed by atoms with Gasteiger partial charge in [0.15, 0.2) is 0 Å². The fourth-order valence-electron chi connectivity index (χ4n) is 2.04. The number of rotatable bonds is 4. The highest BCUT2D eigenvalue weighted by Gasteiger charge is 2.49. The Morgan fingerprint density at radius 2 is 2.21 bits per heavy atom. The largest absolute Gasteiger partial charge is 0.492 e. The Morgan fingerprint density at radius 1 is 1.42 bits per heavy atom. The Bertz CT molecular complexity index is 653. The van der Waals surface area contributed by atoms with Gasteiger partial charge in [0, 0.05) is 11.6 Å². The number of nitrogens with zero attached hydrogens (tertiary/aromatic N) is 1. The van der Waals surface area contributed by atoms with Crippen LogP contribution in [0.2, 0.25) is 5.15 Å². The van der Waals surface area contributed by atoms with Crippen LogP contribution in [-0.4, -0.2) is 17.5 Å². The van der Waals surface area contributed by atoms with Crippen molar-refractivity contribution in [3.8, 4) is 5.75 Å². The van der Waals surface area contributed by atoms with Gasteiger partial charge >= 0.3 is 0 Å². The normalized spacial score (nSPS) is 16.3. The molecule has 2 N–H and O–H groups in total. The number of carbonyl (C=O) groups is 1. The number of nitrogens with two attached hydrogens (primary N) is 1. The summed E-state index contributed by atoms with van der Waals surface area (Å²) in [4.78, 5) is 15.3. The Balaban J connectivity index is 1.81. The number of halogens is 1. The lowest BCUT2D eigenvalue weighted by molar-refractivity contribution is -0.124. The first kappa shape index (κ1) is 12.2. The Kier molecular flexibility index (Phi) is 2.82. The van der Waals surface area contributed by atoms with Crippen LogP contribution in [-0.2, 0) is 4.79 Å². The van der Waals surface area contributed by atoms with Crippen molar-refractivity contribution in [2.24, 2.45) is 11.1 Å². The van der Waals surface area contributed by atoms with E-state index in [0.29, 0.717) is 17.5 Å². The van der Waals surface area contributed by atoms with E-state index in [2.05, 4.69) is 4.98 Å². The summed E-state index contributed by atoms with van der Waals surface area (Å²) >= 11 is 6.00. The molecule has 4 nitrogen and oxygen atoms in total. The first-order valence-electron chi connectivity index (χ1n) is 6.08. The highest BCUT2D eigenvalue weighted by molar-refractivity contribution is 6.34. The van der Waals surface area contributed by atoms with E-state index in [4.69, 9.17) is 22.1 Å². The zero-order chi connectivity index (χ0) is 13.5. The molecule has 1 aromatic heterocycles. The van der Waals surface area contributed by atoms with Crippen LogP contribution in [0.1, 0.15) is 12.8 Å². The molecule has 0 unspecified atom stereocenters. The molecule has 0 saturated heterocycles. The van der Waals surface area contributed by atoms with Crippen LogP contribution in [0, 0.1) is 5.41 Å². The van der Waals surface area contributed by atoms with Crippen LogP contribution in [0.25, 0.3) is 10.8 Å². The number of hydrogen-bond donors (Lipinski definition) is 1. The van der Waals surface area contributed by atoms with Crippen LogP contribution in [0.3, 0.4) is 0 Å². The van der Waals surface area contributed by atoms with Gasteiger partial charge in [-0.1, -0.05) is 11.6 Å². The SMILES string of the molecule is NC(=O)C1(COc2ccc3c(Cl)nccc3c2)CC1. The molecule has 1 heterocycles. The molecule has 0 radical (unpaired) electrons. The third-order valence-corrected chi connectivity index (χ3v) is 3.88. The van der Waals surface area contributed by atoms with Crippen molar-refractivity contribution < 1.29 is 9.53 Å². The van der Waals surface area contributed by atoms with E-state index in [1.165, 1.54) is 0 Å². The summed E-state index contributed by atoms with van der Waals surface area (Å²) < 4.78 is 5.68. The number of amides is 1. The highest BCUT2D eigenvalue weighted by Crippen LogP contribution is 2.45. The van der Waals surface area contributed by atoms with Gasteiger partial charge in [0.05, 0.1) is 5.41 Å². The van der Waals surface area contributed by atoms with Gasteiger partial charge in [0.1, 0.15) is 17.5 Å². The van der Waals surface area contributed by atoms with E-state index in [1.807, 2.05) is 24.3 Å². The van der Waals surface area contributed by atoms with Crippen molar-refractivity contribution in [1.29, 1.82) is 0 Å². The van der Waals surface area contributed by atoms with Gasteiger partial charge in [0.25, 0.3) is 0 Å². The van der Waals surface area contributed by atoms with Gasteiger partial charge < -0.3 is 10.5 Å². The highest BCUT2D eigenvalue weighted by atomic mass is 35.5. The minimum atomic E-state index is -0.454. The van der Waals surface area contributed by atoms with E-state index in [-0.39, 0.29) is 5.91 Å². The first-order chi connectivity index (χ1) is 9.11. The fourth-order valence-corrected chi connectivity index (χ4v) is 2.27. The molecular weight excluding hydrogens is 264 g/mol. The Morgan fingerprint density at radius 3 is 2.89 bits per heavy atom. The monoisotopic (exact) mass is 276 g/mol. The predicted molar refractivity (Wildman–Crippen MR) is 73.1 cm³/mol. The maximum Gasteiger partial charge on any atom is 0.227 e. The van der Waals surface area contributed by atoms with Crippen LogP contribution in [0.4, 0.5) is 0 Å². The summed E-state index contributed by atoms with van der Waals surface area (Å²) in [7, 11) is 0. The van der Waals surface area contributed by atoms with Gasteiger partial charge in [-0.05, 0) is 42.5 Å². The van der Waals surface area contributed by atoms with Gasteiger partial charge in [-0.3, -0.25) is 4.79 Å². The van der Waals surface area contributed by atoms with Gasteiger partial charge in [0.2, 0.25) is 5.91 Å². The van der Waals surface area contributed by atoms with E-state index >= 15 is 0 Å².